The number of para-hydroxylation sites is 1. The number of ether oxygens (including phenoxy) is 1. The van der Waals surface area contributed by atoms with Gasteiger partial charge in [0.05, 0.1) is 23.6 Å². The summed E-state index contributed by atoms with van der Waals surface area (Å²) >= 11 is 0. The summed E-state index contributed by atoms with van der Waals surface area (Å²) in [7, 11) is -2.24. The molecule has 0 spiro atoms. The number of rotatable bonds is 7. The van der Waals surface area contributed by atoms with Gasteiger partial charge in [-0.15, -0.1) is 5.10 Å². The number of sulfonamides is 1. The highest BCUT2D eigenvalue weighted by Crippen LogP contribution is 2.29. The Bertz CT molecular complexity index is 1290. The summed E-state index contributed by atoms with van der Waals surface area (Å²) in [4.78, 5) is 17.6. The number of piperazine rings is 1. The molecule has 186 valence electrons. The van der Waals surface area contributed by atoms with E-state index in [1.807, 2.05) is 23.1 Å². The highest BCUT2D eigenvalue weighted by atomic mass is 32.2. The van der Waals surface area contributed by atoms with Crippen molar-refractivity contribution in [3.8, 4) is 0 Å². The third kappa shape index (κ3) is 4.63. The third-order valence-corrected chi connectivity index (χ3v) is 8.70. The van der Waals surface area contributed by atoms with Gasteiger partial charge in [0.25, 0.3) is 0 Å². The molecule has 0 aliphatic carbocycles. The summed E-state index contributed by atoms with van der Waals surface area (Å²) in [6.07, 6.45) is 1.20. The summed E-state index contributed by atoms with van der Waals surface area (Å²) in [5.74, 6) is -0.106. The van der Waals surface area contributed by atoms with E-state index in [1.54, 1.807) is 30.0 Å². The van der Waals surface area contributed by atoms with E-state index in [-0.39, 0.29) is 10.8 Å². The largest absolute Gasteiger partial charge is 0.383 e. The van der Waals surface area contributed by atoms with E-state index in [1.165, 1.54) is 4.31 Å². The number of anilines is 1. The molecule has 0 radical (unpaired) electrons. The van der Waals surface area contributed by atoms with Crippen LogP contribution in [0.4, 0.5) is 5.69 Å². The number of hydrogen-bond donors (Lipinski definition) is 0. The second kappa shape index (κ2) is 9.92. The normalized spacial score (nSPS) is 19.5. The predicted molar refractivity (Wildman–Crippen MR) is 132 cm³/mol. The zero-order chi connectivity index (χ0) is 24.4. The topological polar surface area (TPSA) is 101 Å². The van der Waals surface area contributed by atoms with Crippen molar-refractivity contribution in [3.05, 3.63) is 48.5 Å². The van der Waals surface area contributed by atoms with E-state index in [0.717, 1.165) is 24.3 Å². The molecule has 1 aromatic heterocycles. The zero-order valence-corrected chi connectivity index (χ0v) is 20.6. The van der Waals surface area contributed by atoms with Gasteiger partial charge >= 0.3 is 0 Å². The molecule has 0 bridgehead atoms. The van der Waals surface area contributed by atoms with Crippen LogP contribution < -0.4 is 4.90 Å². The number of carbonyl (C=O) groups is 1. The molecule has 10 nitrogen and oxygen atoms in total. The summed E-state index contributed by atoms with van der Waals surface area (Å²) in [5, 5.41) is 8.23. The van der Waals surface area contributed by atoms with E-state index in [0.29, 0.717) is 51.1 Å². The fourth-order valence-corrected chi connectivity index (χ4v) is 6.57. The molecule has 3 aromatic rings. The Labute approximate surface area is 205 Å². The molecule has 0 N–H and O–H groups in total. The molecule has 1 amide bonds. The van der Waals surface area contributed by atoms with Gasteiger partial charge in [-0.3, -0.25) is 4.79 Å². The minimum Gasteiger partial charge on any atom is -0.383 e. The van der Waals surface area contributed by atoms with Crippen molar-refractivity contribution in [3.63, 3.8) is 0 Å². The van der Waals surface area contributed by atoms with Crippen LogP contribution in [0.2, 0.25) is 0 Å². The second-order valence-corrected chi connectivity index (χ2v) is 10.8. The third-order valence-electron chi connectivity index (χ3n) is 6.80. The summed E-state index contributed by atoms with van der Waals surface area (Å²) in [6.45, 7) is 3.95. The van der Waals surface area contributed by atoms with Crippen LogP contribution in [-0.2, 0) is 26.1 Å². The van der Waals surface area contributed by atoms with Crippen LogP contribution in [0.25, 0.3) is 11.0 Å². The first-order valence-electron chi connectivity index (χ1n) is 11.9. The second-order valence-electron chi connectivity index (χ2n) is 8.88. The smallest absolute Gasteiger partial charge is 0.243 e. The molecule has 2 aliphatic rings. The summed E-state index contributed by atoms with van der Waals surface area (Å²) < 4.78 is 35.3. The van der Waals surface area contributed by atoms with Gasteiger partial charge in [0.15, 0.2) is 0 Å². The molecule has 5 rings (SSSR count). The number of hydrogen-bond acceptors (Lipinski definition) is 7. The molecular formula is C24H30N6O4S. The highest BCUT2D eigenvalue weighted by molar-refractivity contribution is 7.89. The lowest BCUT2D eigenvalue weighted by atomic mass is 10.1. The van der Waals surface area contributed by atoms with E-state index < -0.39 is 16.1 Å². The SMILES string of the molecule is COCCn1nnc2cc(S(=O)(=O)N3CCCC3C(=O)N3CCN(c4ccccc4)CC3)ccc21. The fraction of sp³-hybridized carbons (Fsp3) is 0.458. The van der Waals surface area contributed by atoms with Crippen molar-refractivity contribution in [2.24, 2.45) is 0 Å². The molecular weight excluding hydrogens is 468 g/mol. The Kier molecular flexibility index (Phi) is 6.72. The zero-order valence-electron chi connectivity index (χ0n) is 19.8. The maximum absolute atomic E-state index is 13.6. The van der Waals surface area contributed by atoms with Crippen LogP contribution >= 0.6 is 0 Å². The van der Waals surface area contributed by atoms with Crippen LogP contribution in [0.5, 0.6) is 0 Å². The standard InChI is InChI=1S/C24H30N6O4S/c1-34-17-16-29-22-10-9-20(18-21(22)25-26-29)35(32,33)30-11-5-8-23(30)24(31)28-14-12-27(13-15-28)19-6-3-2-4-7-19/h2-4,6-7,9-10,18,23H,5,8,11-17H2,1H3. The van der Waals surface area contributed by atoms with Crippen molar-refractivity contribution in [2.75, 3.05) is 51.3 Å². The van der Waals surface area contributed by atoms with Crippen LogP contribution in [0.15, 0.2) is 53.4 Å². The first-order chi connectivity index (χ1) is 17.0. The van der Waals surface area contributed by atoms with Gasteiger partial charge in [0.2, 0.25) is 15.9 Å². The lowest BCUT2D eigenvalue weighted by Crippen LogP contribution is -2.54. The van der Waals surface area contributed by atoms with Crippen LogP contribution in [0.1, 0.15) is 12.8 Å². The fourth-order valence-electron chi connectivity index (χ4n) is 4.90. The van der Waals surface area contributed by atoms with Gasteiger partial charge in [-0.2, -0.15) is 4.31 Å². The molecule has 0 saturated carbocycles. The number of nitrogens with zero attached hydrogens (tertiary/aromatic N) is 6. The van der Waals surface area contributed by atoms with Crippen molar-refractivity contribution in [1.29, 1.82) is 0 Å². The summed E-state index contributed by atoms with van der Waals surface area (Å²) in [6, 6.07) is 14.3. The molecule has 11 heteroatoms. The first-order valence-corrected chi connectivity index (χ1v) is 13.4. The van der Waals surface area contributed by atoms with Crippen molar-refractivity contribution in [1.82, 2.24) is 24.2 Å². The number of benzene rings is 2. The minimum atomic E-state index is -3.85. The van der Waals surface area contributed by atoms with Crippen molar-refractivity contribution >= 4 is 32.7 Å². The molecule has 2 aromatic carbocycles. The monoisotopic (exact) mass is 498 g/mol. The summed E-state index contributed by atoms with van der Waals surface area (Å²) in [5.41, 5.74) is 2.38. The number of aromatic nitrogens is 3. The average molecular weight is 499 g/mol. The van der Waals surface area contributed by atoms with Gasteiger partial charge in [-0.25, -0.2) is 13.1 Å². The maximum Gasteiger partial charge on any atom is 0.243 e. The van der Waals surface area contributed by atoms with Gasteiger partial charge in [-0.05, 0) is 43.2 Å². The number of carbonyl (C=O) groups excluding carboxylic acids is 1. The number of amides is 1. The Morgan fingerprint density at radius 2 is 1.83 bits per heavy atom. The average Bonchev–Trinajstić information content (AvgIpc) is 3.55. The Morgan fingerprint density at radius 3 is 2.57 bits per heavy atom. The first kappa shape index (κ1) is 23.7. The van der Waals surface area contributed by atoms with Crippen LogP contribution in [0, 0.1) is 0 Å². The van der Waals surface area contributed by atoms with E-state index >= 15 is 0 Å². The van der Waals surface area contributed by atoms with Gasteiger partial charge in [0.1, 0.15) is 11.6 Å². The van der Waals surface area contributed by atoms with Crippen LogP contribution in [0.3, 0.4) is 0 Å². The maximum atomic E-state index is 13.6. The Morgan fingerprint density at radius 1 is 1.06 bits per heavy atom. The minimum absolute atomic E-state index is 0.106. The quantitative estimate of drug-likeness (QED) is 0.488. The number of fused-ring (bicyclic) bond motifs is 1. The van der Waals surface area contributed by atoms with Crippen LogP contribution in [-0.4, -0.2) is 91.0 Å². The molecule has 2 aliphatic heterocycles. The van der Waals surface area contributed by atoms with E-state index in [4.69, 9.17) is 4.74 Å². The molecule has 1 unspecified atom stereocenters. The number of methoxy groups -OCH3 is 1. The lowest BCUT2D eigenvalue weighted by Gasteiger charge is -2.38. The Hall–Kier alpha value is -3.02. The van der Waals surface area contributed by atoms with Crippen molar-refractivity contribution < 1.29 is 17.9 Å². The van der Waals surface area contributed by atoms with Gasteiger partial charge < -0.3 is 14.5 Å². The predicted octanol–water partition coefficient (Wildman–Crippen LogP) is 1.58. The molecule has 35 heavy (non-hydrogen) atoms. The van der Waals surface area contributed by atoms with Crippen molar-refractivity contribution in [2.45, 2.75) is 30.3 Å². The molecule has 2 fully saturated rings. The van der Waals surface area contributed by atoms with E-state index in [9.17, 15) is 13.2 Å². The Balaban J connectivity index is 1.30. The van der Waals surface area contributed by atoms with E-state index in [2.05, 4.69) is 27.3 Å². The highest BCUT2D eigenvalue weighted by Gasteiger charge is 2.41. The molecule has 3 heterocycles. The lowest BCUT2D eigenvalue weighted by molar-refractivity contribution is -0.134. The molecule has 1 atom stereocenters. The van der Waals surface area contributed by atoms with Gasteiger partial charge in [-0.1, -0.05) is 23.4 Å². The van der Waals surface area contributed by atoms with Gasteiger partial charge in [0, 0.05) is 45.5 Å². The molecule has 2 saturated heterocycles.